The largest absolute Gasteiger partial charge is 0.393 e. The summed E-state index contributed by atoms with van der Waals surface area (Å²) in [6.45, 7) is 4.29. The molecule has 0 aliphatic rings. The molecule has 6 nitrogen and oxygen atoms in total. The first-order valence-corrected chi connectivity index (χ1v) is 5.00. The van der Waals surface area contributed by atoms with Crippen molar-refractivity contribution in [1.29, 1.82) is 0 Å². The van der Waals surface area contributed by atoms with Crippen LogP contribution in [-0.4, -0.2) is 22.3 Å². The summed E-state index contributed by atoms with van der Waals surface area (Å²) in [6.07, 6.45) is 2.00. The van der Waals surface area contributed by atoms with Crippen LogP contribution in [0.2, 0.25) is 0 Å². The Bertz CT molecular complexity index is 473. The molecule has 3 N–H and O–H groups in total. The van der Waals surface area contributed by atoms with Crippen molar-refractivity contribution in [3.05, 3.63) is 27.0 Å². The van der Waals surface area contributed by atoms with E-state index in [9.17, 15) is 9.59 Å². The third-order valence-corrected chi connectivity index (χ3v) is 2.55. The van der Waals surface area contributed by atoms with Gasteiger partial charge in [0.15, 0.2) is 0 Å². The number of nitrogens with zero attached hydrogens (tertiary/aromatic N) is 1. The number of nitrogen functional groups attached to an aromatic ring is 1. The fraction of sp³-hybridized carbons (Fsp3) is 0.600. The van der Waals surface area contributed by atoms with E-state index in [-0.39, 0.29) is 11.3 Å². The molecule has 0 saturated heterocycles. The highest BCUT2D eigenvalue weighted by Gasteiger charge is 2.16. The lowest BCUT2D eigenvalue weighted by Crippen LogP contribution is -2.33. The highest BCUT2D eigenvalue weighted by atomic mass is 16.5. The number of methoxy groups -OCH3 is 1. The SMILES string of the molecule is COC(C)(C)CCn1cc(N)c(=O)[nH]c1=O. The van der Waals surface area contributed by atoms with E-state index in [0.29, 0.717) is 13.0 Å². The van der Waals surface area contributed by atoms with Gasteiger partial charge in [0.1, 0.15) is 5.69 Å². The summed E-state index contributed by atoms with van der Waals surface area (Å²) >= 11 is 0. The predicted molar refractivity (Wildman–Crippen MR) is 61.4 cm³/mol. The molecule has 0 bridgehead atoms. The van der Waals surface area contributed by atoms with Crippen LogP contribution in [0.3, 0.4) is 0 Å². The summed E-state index contributed by atoms with van der Waals surface area (Å²) in [5.74, 6) is 0. The van der Waals surface area contributed by atoms with Crippen LogP contribution in [0.15, 0.2) is 15.8 Å². The molecule has 6 heteroatoms. The molecule has 1 aromatic rings. The highest BCUT2D eigenvalue weighted by Crippen LogP contribution is 2.13. The molecule has 0 radical (unpaired) electrons. The minimum absolute atomic E-state index is 0.0369. The predicted octanol–water partition coefficient (Wildman–Crippen LogP) is -0.0661. The average Bonchev–Trinajstić information content (AvgIpc) is 2.22. The number of H-pyrrole nitrogens is 1. The van der Waals surface area contributed by atoms with Gasteiger partial charge < -0.3 is 10.5 Å². The smallest absolute Gasteiger partial charge is 0.328 e. The number of aromatic amines is 1. The maximum atomic E-state index is 11.4. The second kappa shape index (κ2) is 4.52. The normalized spacial score (nSPS) is 11.7. The summed E-state index contributed by atoms with van der Waals surface area (Å²) in [6, 6.07) is 0. The maximum Gasteiger partial charge on any atom is 0.328 e. The van der Waals surface area contributed by atoms with Crippen molar-refractivity contribution < 1.29 is 4.74 Å². The van der Waals surface area contributed by atoms with Gasteiger partial charge in [-0.2, -0.15) is 0 Å². The Balaban J connectivity index is 2.87. The molecule has 0 saturated carbocycles. The van der Waals surface area contributed by atoms with Gasteiger partial charge in [-0.1, -0.05) is 0 Å². The molecule has 0 aliphatic heterocycles. The van der Waals surface area contributed by atoms with Crippen LogP contribution in [0.4, 0.5) is 5.69 Å². The topological polar surface area (TPSA) is 90.1 Å². The van der Waals surface area contributed by atoms with Gasteiger partial charge >= 0.3 is 5.69 Å². The van der Waals surface area contributed by atoms with Crippen LogP contribution in [0, 0.1) is 0 Å². The first-order valence-electron chi connectivity index (χ1n) is 5.00. The summed E-state index contributed by atoms with van der Waals surface area (Å²) in [4.78, 5) is 24.6. The first kappa shape index (κ1) is 12.5. The molecule has 1 heterocycles. The monoisotopic (exact) mass is 227 g/mol. The fourth-order valence-corrected chi connectivity index (χ4v) is 1.18. The lowest BCUT2D eigenvalue weighted by molar-refractivity contribution is 0.0118. The number of aryl methyl sites for hydroxylation is 1. The van der Waals surface area contributed by atoms with Gasteiger partial charge in [0.25, 0.3) is 5.56 Å². The molecule has 0 unspecified atom stereocenters. The van der Waals surface area contributed by atoms with Crippen molar-refractivity contribution in [2.75, 3.05) is 12.8 Å². The van der Waals surface area contributed by atoms with Gasteiger partial charge in [-0.15, -0.1) is 0 Å². The number of hydrogen-bond acceptors (Lipinski definition) is 4. The number of anilines is 1. The number of hydrogen-bond donors (Lipinski definition) is 2. The third-order valence-electron chi connectivity index (χ3n) is 2.55. The quantitative estimate of drug-likeness (QED) is 0.753. The van der Waals surface area contributed by atoms with E-state index in [1.165, 1.54) is 10.8 Å². The molecule has 1 rings (SSSR count). The Hall–Kier alpha value is -1.56. The molecule has 1 aromatic heterocycles. The zero-order valence-corrected chi connectivity index (χ0v) is 9.74. The second-order valence-corrected chi connectivity index (χ2v) is 4.25. The fourth-order valence-electron chi connectivity index (χ4n) is 1.18. The maximum absolute atomic E-state index is 11.4. The summed E-state index contributed by atoms with van der Waals surface area (Å²) in [7, 11) is 1.62. The minimum atomic E-state index is -0.549. The van der Waals surface area contributed by atoms with Gasteiger partial charge in [-0.25, -0.2) is 4.79 Å². The number of nitrogens with one attached hydrogen (secondary N) is 1. The standard InChI is InChI=1S/C10H17N3O3/c1-10(2,16-3)4-5-13-6-7(11)8(14)12-9(13)15/h6H,4-5,11H2,1-3H3,(H,12,14,15). The van der Waals surface area contributed by atoms with E-state index in [2.05, 4.69) is 4.98 Å². The second-order valence-electron chi connectivity index (χ2n) is 4.25. The number of nitrogens with two attached hydrogens (primary N) is 1. The van der Waals surface area contributed by atoms with Crippen LogP contribution >= 0.6 is 0 Å². The Morgan fingerprint density at radius 3 is 2.69 bits per heavy atom. The summed E-state index contributed by atoms with van der Waals surface area (Å²) < 4.78 is 6.61. The van der Waals surface area contributed by atoms with E-state index in [1.807, 2.05) is 13.8 Å². The average molecular weight is 227 g/mol. The van der Waals surface area contributed by atoms with E-state index >= 15 is 0 Å². The van der Waals surface area contributed by atoms with Gasteiger partial charge in [0.2, 0.25) is 0 Å². The van der Waals surface area contributed by atoms with Crippen LogP contribution < -0.4 is 17.0 Å². The van der Waals surface area contributed by atoms with E-state index in [1.54, 1.807) is 7.11 Å². The van der Waals surface area contributed by atoms with Gasteiger partial charge in [-0.3, -0.25) is 14.3 Å². The van der Waals surface area contributed by atoms with E-state index in [4.69, 9.17) is 10.5 Å². The van der Waals surface area contributed by atoms with Gasteiger partial charge in [-0.05, 0) is 20.3 Å². The Morgan fingerprint density at radius 1 is 1.50 bits per heavy atom. The van der Waals surface area contributed by atoms with Crippen molar-refractivity contribution >= 4 is 5.69 Å². The Labute approximate surface area is 93.0 Å². The van der Waals surface area contributed by atoms with Crippen LogP contribution in [0.5, 0.6) is 0 Å². The molecule has 0 aromatic carbocycles. The van der Waals surface area contributed by atoms with Crippen molar-refractivity contribution in [3.8, 4) is 0 Å². The third kappa shape index (κ3) is 2.96. The van der Waals surface area contributed by atoms with Crippen LogP contribution in [-0.2, 0) is 11.3 Å². The Morgan fingerprint density at radius 2 is 2.12 bits per heavy atom. The molecule has 16 heavy (non-hydrogen) atoms. The molecular weight excluding hydrogens is 210 g/mol. The first-order chi connectivity index (χ1) is 7.35. The van der Waals surface area contributed by atoms with Crippen molar-refractivity contribution in [2.24, 2.45) is 0 Å². The van der Waals surface area contributed by atoms with Crippen molar-refractivity contribution in [2.45, 2.75) is 32.4 Å². The molecule has 0 aliphatic carbocycles. The Kier molecular flexibility index (Phi) is 3.54. The lowest BCUT2D eigenvalue weighted by Gasteiger charge is -2.22. The van der Waals surface area contributed by atoms with E-state index < -0.39 is 11.2 Å². The number of aromatic nitrogens is 2. The lowest BCUT2D eigenvalue weighted by atomic mass is 10.1. The zero-order valence-electron chi connectivity index (χ0n) is 9.74. The van der Waals surface area contributed by atoms with E-state index in [0.717, 1.165) is 0 Å². The van der Waals surface area contributed by atoms with Gasteiger partial charge in [0, 0.05) is 19.9 Å². The highest BCUT2D eigenvalue weighted by molar-refractivity contribution is 5.30. The molecule has 0 atom stereocenters. The molecular formula is C10H17N3O3. The van der Waals surface area contributed by atoms with Crippen LogP contribution in [0.1, 0.15) is 20.3 Å². The molecule has 0 spiro atoms. The number of ether oxygens (including phenoxy) is 1. The molecule has 90 valence electrons. The summed E-state index contributed by atoms with van der Waals surface area (Å²) in [5, 5.41) is 0. The number of rotatable bonds is 4. The van der Waals surface area contributed by atoms with Crippen LogP contribution in [0.25, 0.3) is 0 Å². The molecule has 0 fully saturated rings. The minimum Gasteiger partial charge on any atom is -0.393 e. The molecule has 0 amide bonds. The zero-order chi connectivity index (χ0) is 12.3. The van der Waals surface area contributed by atoms with Crippen molar-refractivity contribution in [3.63, 3.8) is 0 Å². The summed E-state index contributed by atoms with van der Waals surface area (Å²) in [5.41, 5.74) is 4.15. The van der Waals surface area contributed by atoms with Gasteiger partial charge in [0.05, 0.1) is 5.60 Å². The van der Waals surface area contributed by atoms with Crippen molar-refractivity contribution in [1.82, 2.24) is 9.55 Å².